The van der Waals surface area contributed by atoms with E-state index in [9.17, 15) is 14.9 Å². The van der Waals surface area contributed by atoms with Crippen LogP contribution in [0.5, 0.6) is 11.5 Å². The lowest BCUT2D eigenvalue weighted by Gasteiger charge is -2.37. The van der Waals surface area contributed by atoms with E-state index in [1.807, 2.05) is 0 Å². The molecule has 158 valence electrons. The number of nitrogens with zero attached hydrogens (tertiary/aromatic N) is 3. The van der Waals surface area contributed by atoms with Gasteiger partial charge in [-0.1, -0.05) is 6.92 Å². The molecule has 1 aromatic carbocycles. The van der Waals surface area contributed by atoms with Crippen LogP contribution in [0.3, 0.4) is 0 Å². The van der Waals surface area contributed by atoms with Crippen LogP contribution in [-0.4, -0.2) is 66.6 Å². The summed E-state index contributed by atoms with van der Waals surface area (Å²) in [5.41, 5.74) is -0.127. The largest absolute Gasteiger partial charge is 0.486 e. The molecule has 3 aliphatic heterocycles. The summed E-state index contributed by atoms with van der Waals surface area (Å²) in [7, 11) is 0. The molecule has 0 N–H and O–H groups in total. The third kappa shape index (κ3) is 4.47. The zero-order valence-electron chi connectivity index (χ0n) is 17.0. The molecule has 8 nitrogen and oxygen atoms in total. The number of carbonyl (C=O) groups excluding carboxylic acids is 1. The van der Waals surface area contributed by atoms with Crippen molar-refractivity contribution in [1.29, 1.82) is 0 Å². The van der Waals surface area contributed by atoms with Gasteiger partial charge in [0.2, 0.25) is 0 Å². The van der Waals surface area contributed by atoms with E-state index in [4.69, 9.17) is 9.47 Å². The third-order valence-electron chi connectivity index (χ3n) is 6.29. The number of hydrogen-bond acceptors (Lipinski definition) is 6. The Bertz CT molecular complexity index is 776. The lowest BCUT2D eigenvalue weighted by Crippen LogP contribution is -2.45. The van der Waals surface area contributed by atoms with Gasteiger partial charge in [0.1, 0.15) is 18.8 Å². The van der Waals surface area contributed by atoms with Crippen molar-refractivity contribution in [3.63, 3.8) is 0 Å². The number of benzene rings is 1. The molecule has 2 fully saturated rings. The molecule has 0 aromatic heterocycles. The second-order valence-electron chi connectivity index (χ2n) is 8.51. The molecule has 1 atom stereocenters. The Morgan fingerprint density at radius 3 is 2.52 bits per heavy atom. The number of likely N-dealkylation sites (tertiary alicyclic amines) is 2. The molecule has 2 saturated heterocycles. The Hall–Kier alpha value is -2.35. The number of piperidine rings is 2. The minimum absolute atomic E-state index is 0.0895. The monoisotopic (exact) mass is 403 g/mol. The van der Waals surface area contributed by atoms with E-state index >= 15 is 0 Å². The van der Waals surface area contributed by atoms with E-state index in [1.54, 1.807) is 4.90 Å². The topological polar surface area (TPSA) is 85.2 Å². The lowest BCUT2D eigenvalue weighted by atomic mass is 9.94. The third-order valence-corrected chi connectivity index (χ3v) is 6.29. The average molecular weight is 403 g/mol. The molecule has 4 rings (SSSR count). The first kappa shape index (κ1) is 19.9. The highest BCUT2D eigenvalue weighted by molar-refractivity contribution is 5.99. The molecule has 8 heteroatoms. The highest BCUT2D eigenvalue weighted by atomic mass is 16.6. The summed E-state index contributed by atoms with van der Waals surface area (Å²) in [6.07, 6.45) is 4.50. The molecule has 0 saturated carbocycles. The van der Waals surface area contributed by atoms with Crippen LogP contribution in [-0.2, 0) is 0 Å². The molecule has 0 bridgehead atoms. The van der Waals surface area contributed by atoms with Gasteiger partial charge in [0, 0.05) is 25.7 Å². The molecule has 0 radical (unpaired) electrons. The number of carbonyl (C=O) groups is 1. The van der Waals surface area contributed by atoms with Crippen LogP contribution in [0.1, 0.15) is 43.0 Å². The quantitative estimate of drug-likeness (QED) is 0.568. The van der Waals surface area contributed by atoms with Crippen molar-refractivity contribution in [1.82, 2.24) is 9.80 Å². The van der Waals surface area contributed by atoms with Gasteiger partial charge in [0.15, 0.2) is 11.5 Å². The standard InChI is InChI=1S/C21H29N3O5/c1-15-4-7-22(8-5-15)13-16-3-2-6-23(14-16)21(25)17-11-19-20(29-10-9-28-19)12-18(17)24(26)27/h11-12,15-16H,2-10,13-14H2,1H3. The molecule has 3 aliphatic rings. The number of nitro benzene ring substituents is 1. The first-order valence-electron chi connectivity index (χ1n) is 10.6. The average Bonchev–Trinajstić information content (AvgIpc) is 2.74. The summed E-state index contributed by atoms with van der Waals surface area (Å²) in [6.45, 7) is 7.56. The summed E-state index contributed by atoms with van der Waals surface area (Å²) < 4.78 is 11.0. The first-order valence-corrected chi connectivity index (χ1v) is 10.6. The molecule has 3 heterocycles. The Labute approximate surface area is 170 Å². The van der Waals surface area contributed by atoms with Gasteiger partial charge in [-0.05, 0) is 50.6 Å². The number of ether oxygens (including phenoxy) is 2. The number of nitro groups is 1. The van der Waals surface area contributed by atoms with Crippen LogP contribution in [0, 0.1) is 22.0 Å². The molecule has 0 aliphatic carbocycles. The Morgan fingerprint density at radius 2 is 1.83 bits per heavy atom. The summed E-state index contributed by atoms with van der Waals surface area (Å²) in [5, 5.41) is 11.6. The van der Waals surface area contributed by atoms with Crippen molar-refractivity contribution in [3.05, 3.63) is 27.8 Å². The van der Waals surface area contributed by atoms with E-state index in [-0.39, 0.29) is 17.2 Å². The van der Waals surface area contributed by atoms with Gasteiger partial charge in [-0.2, -0.15) is 0 Å². The van der Waals surface area contributed by atoms with E-state index in [0.29, 0.717) is 43.7 Å². The van der Waals surface area contributed by atoms with E-state index in [1.165, 1.54) is 25.0 Å². The van der Waals surface area contributed by atoms with Crippen LogP contribution in [0.15, 0.2) is 12.1 Å². The highest BCUT2D eigenvalue weighted by Gasteiger charge is 2.32. The molecule has 1 aromatic rings. The van der Waals surface area contributed by atoms with Crippen LogP contribution >= 0.6 is 0 Å². The first-order chi connectivity index (χ1) is 14.0. The van der Waals surface area contributed by atoms with Crippen molar-refractivity contribution in [2.75, 3.05) is 45.9 Å². The minimum Gasteiger partial charge on any atom is -0.486 e. The summed E-state index contributed by atoms with van der Waals surface area (Å²) in [6, 6.07) is 2.79. The van der Waals surface area contributed by atoms with Crippen molar-refractivity contribution in [2.24, 2.45) is 11.8 Å². The number of rotatable bonds is 4. The van der Waals surface area contributed by atoms with Crippen molar-refractivity contribution in [2.45, 2.75) is 32.6 Å². The summed E-state index contributed by atoms with van der Waals surface area (Å²) in [5.74, 6) is 1.66. The maximum Gasteiger partial charge on any atom is 0.286 e. The molecular formula is C21H29N3O5. The van der Waals surface area contributed by atoms with Gasteiger partial charge < -0.3 is 19.3 Å². The fraction of sp³-hybridized carbons (Fsp3) is 0.667. The van der Waals surface area contributed by atoms with Gasteiger partial charge in [-0.25, -0.2) is 0 Å². The van der Waals surface area contributed by atoms with Gasteiger partial charge in [0.05, 0.1) is 11.0 Å². The van der Waals surface area contributed by atoms with Gasteiger partial charge in [-0.15, -0.1) is 0 Å². The minimum atomic E-state index is -0.512. The van der Waals surface area contributed by atoms with Crippen molar-refractivity contribution >= 4 is 11.6 Å². The lowest BCUT2D eigenvalue weighted by molar-refractivity contribution is -0.385. The Morgan fingerprint density at radius 1 is 1.14 bits per heavy atom. The maximum absolute atomic E-state index is 13.2. The summed E-state index contributed by atoms with van der Waals surface area (Å²) >= 11 is 0. The van der Waals surface area contributed by atoms with Crippen molar-refractivity contribution < 1.29 is 19.2 Å². The molecule has 1 unspecified atom stereocenters. The van der Waals surface area contributed by atoms with Crippen LogP contribution < -0.4 is 9.47 Å². The van der Waals surface area contributed by atoms with E-state index < -0.39 is 4.92 Å². The predicted octanol–water partition coefficient (Wildman–Crippen LogP) is 2.95. The van der Waals surface area contributed by atoms with Gasteiger partial charge >= 0.3 is 0 Å². The van der Waals surface area contributed by atoms with Crippen molar-refractivity contribution in [3.8, 4) is 11.5 Å². The van der Waals surface area contributed by atoms with Crippen LogP contribution in [0.25, 0.3) is 0 Å². The molecule has 29 heavy (non-hydrogen) atoms. The Kier molecular flexibility index (Phi) is 5.89. The van der Waals surface area contributed by atoms with E-state index in [2.05, 4.69) is 11.8 Å². The fourth-order valence-corrected chi connectivity index (χ4v) is 4.58. The molecular weight excluding hydrogens is 374 g/mol. The number of hydrogen-bond donors (Lipinski definition) is 0. The van der Waals surface area contributed by atoms with Gasteiger partial charge in [0.25, 0.3) is 11.6 Å². The van der Waals surface area contributed by atoms with Crippen LogP contribution in [0.2, 0.25) is 0 Å². The van der Waals surface area contributed by atoms with Crippen LogP contribution in [0.4, 0.5) is 5.69 Å². The highest BCUT2D eigenvalue weighted by Crippen LogP contribution is 2.37. The summed E-state index contributed by atoms with van der Waals surface area (Å²) in [4.78, 5) is 28.6. The molecule has 0 spiro atoms. The second kappa shape index (κ2) is 8.57. The molecule has 1 amide bonds. The SMILES string of the molecule is CC1CCN(CC2CCCN(C(=O)c3cc4c(cc3[N+](=O)[O-])OCCO4)C2)CC1. The second-order valence-corrected chi connectivity index (χ2v) is 8.51. The maximum atomic E-state index is 13.2. The zero-order chi connectivity index (χ0) is 20.4. The van der Waals surface area contributed by atoms with Gasteiger partial charge in [-0.3, -0.25) is 14.9 Å². The Balaban J connectivity index is 1.48. The normalized spacial score (nSPS) is 23.1. The number of amides is 1. The fourth-order valence-electron chi connectivity index (χ4n) is 4.58. The smallest absolute Gasteiger partial charge is 0.286 e. The zero-order valence-corrected chi connectivity index (χ0v) is 17.0. The van der Waals surface area contributed by atoms with E-state index in [0.717, 1.165) is 38.4 Å². The number of fused-ring (bicyclic) bond motifs is 1. The predicted molar refractivity (Wildman–Crippen MR) is 108 cm³/mol.